The number of methoxy groups -OCH3 is 2. The molecule has 0 saturated heterocycles. The van der Waals surface area contributed by atoms with E-state index in [4.69, 9.17) is 9.47 Å². The summed E-state index contributed by atoms with van der Waals surface area (Å²) in [7, 11) is 3.40. The molecule has 0 aromatic heterocycles. The van der Waals surface area contributed by atoms with Gasteiger partial charge in [-0.1, -0.05) is 32.8 Å². The molecule has 0 aliphatic rings. The summed E-state index contributed by atoms with van der Waals surface area (Å²) >= 11 is 0. The lowest BCUT2D eigenvalue weighted by Gasteiger charge is -2.23. The van der Waals surface area contributed by atoms with Crippen LogP contribution in [0.15, 0.2) is 18.2 Å². The van der Waals surface area contributed by atoms with Crippen LogP contribution in [0, 0.1) is 0 Å². The Kier molecular flexibility index (Phi) is 8.12. The van der Waals surface area contributed by atoms with E-state index >= 15 is 0 Å². The molecule has 0 radical (unpaired) electrons. The highest BCUT2D eigenvalue weighted by atomic mass is 16.5. The zero-order chi connectivity index (χ0) is 14.8. The minimum absolute atomic E-state index is 0.846. The number of hydrogen-bond acceptors (Lipinski definition) is 3. The molecule has 3 nitrogen and oxygen atoms in total. The smallest absolute Gasteiger partial charge is 0.127 e. The second-order valence-corrected chi connectivity index (χ2v) is 5.16. The van der Waals surface area contributed by atoms with Crippen molar-refractivity contribution in [1.29, 1.82) is 0 Å². The van der Waals surface area contributed by atoms with E-state index in [-0.39, 0.29) is 0 Å². The SMILES string of the molecule is CCCCCN(CCC)Cc1ccc(OC)cc1OC. The number of ether oxygens (including phenoxy) is 2. The predicted octanol–water partition coefficient (Wildman–Crippen LogP) is 4.11. The Balaban J connectivity index is 2.71. The third kappa shape index (κ3) is 5.41. The predicted molar refractivity (Wildman–Crippen MR) is 84.6 cm³/mol. The van der Waals surface area contributed by atoms with Gasteiger partial charge in [0, 0.05) is 18.2 Å². The van der Waals surface area contributed by atoms with E-state index in [0.717, 1.165) is 31.1 Å². The average Bonchev–Trinajstić information content (AvgIpc) is 2.48. The highest BCUT2D eigenvalue weighted by molar-refractivity contribution is 5.40. The molecule has 0 amide bonds. The Morgan fingerprint density at radius 3 is 2.35 bits per heavy atom. The van der Waals surface area contributed by atoms with Crippen LogP contribution in [0.2, 0.25) is 0 Å². The minimum atomic E-state index is 0.846. The van der Waals surface area contributed by atoms with E-state index in [1.54, 1.807) is 14.2 Å². The first-order valence-electron chi connectivity index (χ1n) is 7.68. The van der Waals surface area contributed by atoms with Crippen LogP contribution in [0.3, 0.4) is 0 Å². The van der Waals surface area contributed by atoms with Gasteiger partial charge in [0.15, 0.2) is 0 Å². The quantitative estimate of drug-likeness (QED) is 0.602. The maximum atomic E-state index is 5.49. The highest BCUT2D eigenvalue weighted by Crippen LogP contribution is 2.25. The normalized spacial score (nSPS) is 10.8. The Bertz CT molecular complexity index is 379. The molecule has 0 spiro atoms. The van der Waals surface area contributed by atoms with E-state index < -0.39 is 0 Å². The van der Waals surface area contributed by atoms with Crippen LogP contribution in [-0.4, -0.2) is 32.2 Å². The molecule has 114 valence electrons. The van der Waals surface area contributed by atoms with Gasteiger partial charge in [-0.15, -0.1) is 0 Å². The summed E-state index contributed by atoms with van der Waals surface area (Å²) in [5.41, 5.74) is 1.23. The second-order valence-electron chi connectivity index (χ2n) is 5.16. The fourth-order valence-electron chi connectivity index (χ4n) is 2.39. The molecule has 1 rings (SSSR count). The summed E-state index contributed by atoms with van der Waals surface area (Å²) in [5.74, 6) is 1.76. The topological polar surface area (TPSA) is 21.7 Å². The van der Waals surface area contributed by atoms with Crippen molar-refractivity contribution in [3.05, 3.63) is 23.8 Å². The molecule has 1 aromatic carbocycles. The van der Waals surface area contributed by atoms with Crippen molar-refractivity contribution in [2.45, 2.75) is 46.1 Å². The molecule has 0 unspecified atom stereocenters. The maximum absolute atomic E-state index is 5.49. The molecule has 0 bridgehead atoms. The molecule has 0 N–H and O–H groups in total. The fraction of sp³-hybridized carbons (Fsp3) is 0.647. The van der Waals surface area contributed by atoms with Gasteiger partial charge in [0.25, 0.3) is 0 Å². The van der Waals surface area contributed by atoms with Crippen molar-refractivity contribution in [3.63, 3.8) is 0 Å². The summed E-state index contributed by atoms with van der Waals surface area (Å²) in [6.07, 6.45) is 5.03. The largest absolute Gasteiger partial charge is 0.497 e. The van der Waals surface area contributed by atoms with Gasteiger partial charge in [-0.3, -0.25) is 4.90 Å². The van der Waals surface area contributed by atoms with Crippen molar-refractivity contribution < 1.29 is 9.47 Å². The molecule has 0 atom stereocenters. The Morgan fingerprint density at radius 2 is 1.75 bits per heavy atom. The van der Waals surface area contributed by atoms with Gasteiger partial charge in [0.1, 0.15) is 11.5 Å². The van der Waals surface area contributed by atoms with Crippen LogP contribution in [0.4, 0.5) is 0 Å². The van der Waals surface area contributed by atoms with Gasteiger partial charge in [-0.2, -0.15) is 0 Å². The summed E-state index contributed by atoms with van der Waals surface area (Å²) in [5, 5.41) is 0. The molecule has 0 aliphatic heterocycles. The summed E-state index contributed by atoms with van der Waals surface area (Å²) in [6, 6.07) is 6.08. The van der Waals surface area contributed by atoms with E-state index in [1.165, 1.54) is 31.2 Å². The lowest BCUT2D eigenvalue weighted by molar-refractivity contribution is 0.255. The average molecular weight is 279 g/mol. The van der Waals surface area contributed by atoms with Gasteiger partial charge in [0.2, 0.25) is 0 Å². The number of benzene rings is 1. The van der Waals surface area contributed by atoms with E-state index in [9.17, 15) is 0 Å². The molecule has 0 heterocycles. The first-order chi connectivity index (χ1) is 9.74. The van der Waals surface area contributed by atoms with Crippen molar-refractivity contribution in [3.8, 4) is 11.5 Å². The van der Waals surface area contributed by atoms with Gasteiger partial charge >= 0.3 is 0 Å². The Morgan fingerprint density at radius 1 is 0.950 bits per heavy atom. The maximum Gasteiger partial charge on any atom is 0.127 e. The van der Waals surface area contributed by atoms with E-state index in [1.807, 2.05) is 12.1 Å². The molecule has 20 heavy (non-hydrogen) atoms. The van der Waals surface area contributed by atoms with Crippen LogP contribution < -0.4 is 9.47 Å². The number of unbranched alkanes of at least 4 members (excludes halogenated alkanes) is 2. The van der Waals surface area contributed by atoms with Crippen LogP contribution in [0.5, 0.6) is 11.5 Å². The van der Waals surface area contributed by atoms with Crippen LogP contribution in [-0.2, 0) is 6.54 Å². The van der Waals surface area contributed by atoms with Crippen LogP contribution in [0.25, 0.3) is 0 Å². The molecular weight excluding hydrogens is 250 g/mol. The lowest BCUT2D eigenvalue weighted by atomic mass is 10.1. The summed E-state index contributed by atoms with van der Waals surface area (Å²) in [6.45, 7) is 7.73. The number of nitrogens with zero attached hydrogens (tertiary/aromatic N) is 1. The van der Waals surface area contributed by atoms with Crippen molar-refractivity contribution >= 4 is 0 Å². The standard InChI is InChI=1S/C17H29NO2/c1-5-7-8-12-18(11-6-2)14-15-9-10-16(19-3)13-17(15)20-4/h9-10,13H,5-8,11-12,14H2,1-4H3. The van der Waals surface area contributed by atoms with Crippen molar-refractivity contribution in [1.82, 2.24) is 4.90 Å². The van der Waals surface area contributed by atoms with E-state index in [0.29, 0.717) is 0 Å². The third-order valence-corrected chi connectivity index (χ3v) is 3.51. The van der Waals surface area contributed by atoms with Gasteiger partial charge in [-0.25, -0.2) is 0 Å². The van der Waals surface area contributed by atoms with E-state index in [2.05, 4.69) is 24.8 Å². The third-order valence-electron chi connectivity index (χ3n) is 3.51. The number of rotatable bonds is 10. The molecule has 3 heteroatoms. The molecular formula is C17H29NO2. The zero-order valence-corrected chi connectivity index (χ0v) is 13.4. The minimum Gasteiger partial charge on any atom is -0.497 e. The second kappa shape index (κ2) is 9.65. The van der Waals surface area contributed by atoms with Crippen molar-refractivity contribution in [2.24, 2.45) is 0 Å². The Hall–Kier alpha value is -1.22. The molecule has 0 aliphatic carbocycles. The monoisotopic (exact) mass is 279 g/mol. The Labute approximate surface area is 123 Å². The first kappa shape index (κ1) is 16.8. The van der Waals surface area contributed by atoms with Crippen LogP contribution >= 0.6 is 0 Å². The molecule has 0 saturated carbocycles. The first-order valence-corrected chi connectivity index (χ1v) is 7.68. The number of hydrogen-bond donors (Lipinski definition) is 0. The van der Waals surface area contributed by atoms with Gasteiger partial charge in [-0.05, 0) is 32.0 Å². The molecule has 0 fully saturated rings. The summed E-state index contributed by atoms with van der Waals surface area (Å²) in [4.78, 5) is 2.51. The highest BCUT2D eigenvalue weighted by Gasteiger charge is 2.10. The zero-order valence-electron chi connectivity index (χ0n) is 13.4. The van der Waals surface area contributed by atoms with Gasteiger partial charge < -0.3 is 9.47 Å². The van der Waals surface area contributed by atoms with Crippen molar-refractivity contribution in [2.75, 3.05) is 27.3 Å². The van der Waals surface area contributed by atoms with Gasteiger partial charge in [0.05, 0.1) is 14.2 Å². The summed E-state index contributed by atoms with van der Waals surface area (Å²) < 4.78 is 10.7. The fourth-order valence-corrected chi connectivity index (χ4v) is 2.39. The van der Waals surface area contributed by atoms with Crippen LogP contribution in [0.1, 0.15) is 45.1 Å². The molecule has 1 aromatic rings. The lowest BCUT2D eigenvalue weighted by Crippen LogP contribution is -2.25.